The number of aryl methyl sites for hydroxylation is 2. The SMILES string of the molecule is Cc1cc2cc(CN(C3CCCCC3)S(=O)(=O)c3ccccc3F)c(=O)[nH]c2cc1C. The minimum atomic E-state index is -4.11. The Hall–Kier alpha value is -2.51. The maximum absolute atomic E-state index is 14.4. The van der Waals surface area contributed by atoms with Gasteiger partial charge < -0.3 is 4.98 Å². The Labute approximate surface area is 182 Å². The quantitative estimate of drug-likeness (QED) is 0.617. The highest BCUT2D eigenvalue weighted by Gasteiger charge is 2.34. The second kappa shape index (κ2) is 8.55. The fourth-order valence-electron chi connectivity index (χ4n) is 4.37. The first-order valence-electron chi connectivity index (χ1n) is 10.7. The van der Waals surface area contributed by atoms with Gasteiger partial charge in [0.05, 0.1) is 0 Å². The molecule has 1 fully saturated rings. The monoisotopic (exact) mass is 442 g/mol. The number of H-pyrrole nitrogens is 1. The lowest BCUT2D eigenvalue weighted by atomic mass is 9.95. The van der Waals surface area contributed by atoms with Crippen molar-refractivity contribution in [3.63, 3.8) is 0 Å². The lowest BCUT2D eigenvalue weighted by molar-refractivity contribution is 0.246. The number of benzene rings is 2. The van der Waals surface area contributed by atoms with Crippen LogP contribution in [0.4, 0.5) is 4.39 Å². The molecule has 3 aromatic rings. The fraction of sp³-hybridized carbons (Fsp3) is 0.375. The van der Waals surface area contributed by atoms with Gasteiger partial charge in [-0.05, 0) is 73.5 Å². The Morgan fingerprint density at radius 2 is 1.71 bits per heavy atom. The summed E-state index contributed by atoms with van der Waals surface area (Å²) in [6, 6.07) is 10.8. The van der Waals surface area contributed by atoms with Crippen LogP contribution in [0.3, 0.4) is 0 Å². The van der Waals surface area contributed by atoms with Crippen LogP contribution in [-0.4, -0.2) is 23.7 Å². The number of nitrogens with zero attached hydrogens (tertiary/aromatic N) is 1. The zero-order valence-corrected chi connectivity index (χ0v) is 18.6. The Morgan fingerprint density at radius 3 is 2.42 bits per heavy atom. The second-order valence-electron chi connectivity index (χ2n) is 8.42. The molecule has 1 saturated carbocycles. The van der Waals surface area contributed by atoms with Crippen LogP contribution in [0.15, 0.2) is 52.2 Å². The van der Waals surface area contributed by atoms with Crippen LogP contribution in [0.5, 0.6) is 0 Å². The van der Waals surface area contributed by atoms with Crippen molar-refractivity contribution >= 4 is 20.9 Å². The fourth-order valence-corrected chi connectivity index (χ4v) is 6.10. The van der Waals surface area contributed by atoms with E-state index in [1.54, 1.807) is 6.07 Å². The molecule has 1 aliphatic carbocycles. The van der Waals surface area contributed by atoms with Gasteiger partial charge in [-0.25, -0.2) is 12.8 Å². The molecule has 0 amide bonds. The molecule has 0 spiro atoms. The van der Waals surface area contributed by atoms with Gasteiger partial charge >= 0.3 is 0 Å². The Bertz CT molecular complexity index is 1280. The number of rotatable bonds is 5. The Morgan fingerprint density at radius 1 is 1.03 bits per heavy atom. The van der Waals surface area contributed by atoms with Crippen molar-refractivity contribution in [1.29, 1.82) is 0 Å². The van der Waals surface area contributed by atoms with Gasteiger partial charge in [-0.3, -0.25) is 4.79 Å². The van der Waals surface area contributed by atoms with Crippen LogP contribution in [0.2, 0.25) is 0 Å². The summed E-state index contributed by atoms with van der Waals surface area (Å²) in [4.78, 5) is 15.4. The number of aromatic nitrogens is 1. The van der Waals surface area contributed by atoms with Crippen LogP contribution in [0, 0.1) is 19.7 Å². The van der Waals surface area contributed by atoms with Gasteiger partial charge in [-0.1, -0.05) is 31.4 Å². The van der Waals surface area contributed by atoms with E-state index in [-0.39, 0.29) is 23.0 Å². The summed E-state index contributed by atoms with van der Waals surface area (Å²) in [7, 11) is -4.11. The largest absolute Gasteiger partial charge is 0.322 e. The van der Waals surface area contributed by atoms with E-state index < -0.39 is 15.8 Å². The van der Waals surface area contributed by atoms with Crippen molar-refractivity contribution in [2.75, 3.05) is 0 Å². The predicted molar refractivity (Wildman–Crippen MR) is 120 cm³/mol. The molecule has 1 aliphatic rings. The van der Waals surface area contributed by atoms with Crippen LogP contribution in [-0.2, 0) is 16.6 Å². The van der Waals surface area contributed by atoms with Gasteiger partial charge in [-0.2, -0.15) is 4.31 Å². The highest BCUT2D eigenvalue weighted by Crippen LogP contribution is 2.30. The number of aromatic amines is 1. The van der Waals surface area contributed by atoms with E-state index in [2.05, 4.69) is 4.98 Å². The predicted octanol–water partition coefficient (Wildman–Crippen LogP) is 4.81. The normalized spacial score (nSPS) is 15.6. The summed E-state index contributed by atoms with van der Waals surface area (Å²) >= 11 is 0. The summed E-state index contributed by atoms with van der Waals surface area (Å²) in [5.74, 6) is -0.776. The van der Waals surface area contributed by atoms with E-state index in [0.717, 1.165) is 47.4 Å². The maximum atomic E-state index is 14.4. The molecule has 0 saturated heterocycles. The molecule has 1 N–H and O–H groups in total. The molecule has 31 heavy (non-hydrogen) atoms. The van der Waals surface area contributed by atoms with Gasteiger partial charge in [0, 0.05) is 23.7 Å². The summed E-state index contributed by atoms with van der Waals surface area (Å²) < 4.78 is 42.8. The minimum absolute atomic E-state index is 0.0838. The molecule has 7 heteroatoms. The van der Waals surface area contributed by atoms with Crippen LogP contribution < -0.4 is 5.56 Å². The zero-order chi connectivity index (χ0) is 22.2. The van der Waals surface area contributed by atoms with E-state index >= 15 is 0 Å². The number of pyridine rings is 1. The van der Waals surface area contributed by atoms with Gasteiger partial charge in [-0.15, -0.1) is 0 Å². The maximum Gasteiger partial charge on any atom is 0.252 e. The number of hydrogen-bond donors (Lipinski definition) is 1. The number of nitrogens with one attached hydrogen (secondary N) is 1. The second-order valence-corrected chi connectivity index (χ2v) is 10.3. The molecule has 0 bridgehead atoms. The molecule has 0 radical (unpaired) electrons. The molecule has 0 atom stereocenters. The van der Waals surface area contributed by atoms with Crippen molar-refractivity contribution in [3.8, 4) is 0 Å². The summed E-state index contributed by atoms with van der Waals surface area (Å²) in [6.07, 6.45) is 4.30. The number of sulfonamides is 1. The first-order chi connectivity index (χ1) is 14.8. The summed E-state index contributed by atoms with van der Waals surface area (Å²) in [6.45, 7) is 3.89. The molecule has 4 rings (SSSR count). The lowest BCUT2D eigenvalue weighted by Crippen LogP contribution is -2.42. The summed E-state index contributed by atoms with van der Waals surface area (Å²) in [5.41, 5.74) is 2.93. The number of halogens is 1. The average Bonchev–Trinajstić information content (AvgIpc) is 2.74. The average molecular weight is 443 g/mol. The zero-order valence-electron chi connectivity index (χ0n) is 17.8. The van der Waals surface area contributed by atoms with Crippen LogP contribution in [0.25, 0.3) is 10.9 Å². The molecule has 164 valence electrons. The van der Waals surface area contributed by atoms with Crippen molar-refractivity contribution < 1.29 is 12.8 Å². The molecule has 0 aliphatic heterocycles. The van der Waals surface area contributed by atoms with E-state index in [1.807, 2.05) is 26.0 Å². The van der Waals surface area contributed by atoms with E-state index in [9.17, 15) is 17.6 Å². The van der Waals surface area contributed by atoms with Crippen molar-refractivity contribution in [3.05, 3.63) is 75.3 Å². The van der Waals surface area contributed by atoms with Gasteiger partial charge in [0.2, 0.25) is 10.0 Å². The van der Waals surface area contributed by atoms with Crippen molar-refractivity contribution in [2.24, 2.45) is 0 Å². The standard InChI is InChI=1S/C24H27FN2O3S/c1-16-12-18-14-19(24(28)26-22(18)13-17(16)2)15-27(20-8-4-3-5-9-20)31(29,30)23-11-7-6-10-21(23)25/h6-7,10-14,20H,3-5,8-9,15H2,1-2H3,(H,26,28). The van der Waals surface area contributed by atoms with Gasteiger partial charge in [0.15, 0.2) is 0 Å². The highest BCUT2D eigenvalue weighted by atomic mass is 32.2. The first kappa shape index (κ1) is 21.7. The van der Waals surface area contributed by atoms with E-state index in [1.165, 1.54) is 22.5 Å². The molecule has 2 aromatic carbocycles. The smallest absolute Gasteiger partial charge is 0.252 e. The third-order valence-electron chi connectivity index (χ3n) is 6.27. The van der Waals surface area contributed by atoms with E-state index in [4.69, 9.17) is 0 Å². The molecular weight excluding hydrogens is 415 g/mol. The van der Waals surface area contributed by atoms with Crippen molar-refractivity contribution in [1.82, 2.24) is 9.29 Å². The molecule has 1 aromatic heterocycles. The Kier molecular flexibility index (Phi) is 5.99. The third kappa shape index (κ3) is 4.29. The van der Waals surface area contributed by atoms with Crippen molar-refractivity contribution in [2.45, 2.75) is 63.4 Å². The van der Waals surface area contributed by atoms with Gasteiger partial charge in [0.1, 0.15) is 10.7 Å². The topological polar surface area (TPSA) is 70.2 Å². The van der Waals surface area contributed by atoms with Crippen LogP contribution in [0.1, 0.15) is 48.8 Å². The Balaban J connectivity index is 1.80. The molecule has 5 nitrogen and oxygen atoms in total. The lowest BCUT2D eigenvalue weighted by Gasteiger charge is -2.33. The first-order valence-corrected chi connectivity index (χ1v) is 12.1. The highest BCUT2D eigenvalue weighted by molar-refractivity contribution is 7.89. The van der Waals surface area contributed by atoms with E-state index in [0.29, 0.717) is 18.4 Å². The third-order valence-corrected chi connectivity index (χ3v) is 8.20. The minimum Gasteiger partial charge on any atom is -0.322 e. The molecule has 1 heterocycles. The van der Waals surface area contributed by atoms with Crippen LogP contribution >= 0.6 is 0 Å². The number of fused-ring (bicyclic) bond motifs is 1. The molecule has 0 unspecified atom stereocenters. The number of hydrogen-bond acceptors (Lipinski definition) is 3. The van der Waals surface area contributed by atoms with Gasteiger partial charge in [0.25, 0.3) is 5.56 Å². The molecular formula is C24H27FN2O3S. The summed E-state index contributed by atoms with van der Waals surface area (Å²) in [5, 5.41) is 0.851.